The molecule has 1 aliphatic carbocycles. The van der Waals surface area contributed by atoms with Gasteiger partial charge in [0.05, 0.1) is 10.7 Å². The van der Waals surface area contributed by atoms with E-state index in [0.29, 0.717) is 16.1 Å². The summed E-state index contributed by atoms with van der Waals surface area (Å²) < 4.78 is 0. The number of hydrogen-bond donors (Lipinski definition) is 0. The number of aromatic nitrogens is 1. The van der Waals surface area contributed by atoms with Crippen LogP contribution in [0.4, 0.5) is 0 Å². The summed E-state index contributed by atoms with van der Waals surface area (Å²) >= 11 is 1.34. The van der Waals surface area contributed by atoms with Gasteiger partial charge < -0.3 is 0 Å². The molecule has 0 fully saturated rings. The molecule has 0 saturated carbocycles. The molecule has 0 amide bonds. The minimum absolute atomic E-state index is 0.260. The lowest BCUT2D eigenvalue weighted by Gasteiger charge is -2.11. The van der Waals surface area contributed by atoms with Gasteiger partial charge in [-0.1, -0.05) is 38.1 Å². The van der Waals surface area contributed by atoms with E-state index in [1.165, 1.54) is 11.3 Å². The van der Waals surface area contributed by atoms with E-state index >= 15 is 0 Å². The van der Waals surface area contributed by atoms with E-state index in [9.17, 15) is 9.59 Å². The molecule has 0 bridgehead atoms. The molecule has 1 aromatic carbocycles. The molecule has 0 spiro atoms. The molecule has 1 heterocycles. The van der Waals surface area contributed by atoms with Crippen LogP contribution in [-0.4, -0.2) is 16.6 Å². The Labute approximate surface area is 108 Å². The van der Waals surface area contributed by atoms with Crippen LogP contribution in [0.15, 0.2) is 24.3 Å². The Balaban J connectivity index is 2.31. The van der Waals surface area contributed by atoms with E-state index in [1.807, 2.05) is 26.0 Å². The number of nitrogens with zero attached hydrogens (tertiary/aromatic N) is 1. The lowest BCUT2D eigenvalue weighted by Crippen LogP contribution is -2.19. The fourth-order valence-corrected chi connectivity index (χ4v) is 3.05. The zero-order valence-electron chi connectivity index (χ0n) is 10.1. The number of ketones is 2. The molecule has 3 rings (SSSR count). The molecular weight excluding hydrogens is 246 g/mol. The van der Waals surface area contributed by atoms with Gasteiger partial charge >= 0.3 is 0 Å². The van der Waals surface area contributed by atoms with Crippen molar-refractivity contribution in [1.82, 2.24) is 4.98 Å². The number of benzene rings is 1. The van der Waals surface area contributed by atoms with Gasteiger partial charge in [-0.2, -0.15) is 0 Å². The number of carbonyl (C=O) groups is 2. The van der Waals surface area contributed by atoms with Crippen LogP contribution < -0.4 is 0 Å². The van der Waals surface area contributed by atoms with E-state index in [4.69, 9.17) is 0 Å². The van der Waals surface area contributed by atoms with Crippen molar-refractivity contribution in [3.63, 3.8) is 0 Å². The van der Waals surface area contributed by atoms with Gasteiger partial charge in [0, 0.05) is 17.0 Å². The first-order chi connectivity index (χ1) is 8.59. The maximum Gasteiger partial charge on any atom is 0.245 e. The second-order valence-corrected chi connectivity index (χ2v) is 5.62. The number of rotatable bonds is 1. The fourth-order valence-electron chi connectivity index (χ4n) is 2.03. The van der Waals surface area contributed by atoms with Gasteiger partial charge in [-0.3, -0.25) is 9.59 Å². The van der Waals surface area contributed by atoms with Gasteiger partial charge in [0.25, 0.3) is 0 Å². The summed E-state index contributed by atoms with van der Waals surface area (Å²) in [7, 11) is 0. The van der Waals surface area contributed by atoms with Gasteiger partial charge in [0.1, 0.15) is 4.88 Å². The first-order valence-corrected chi connectivity index (χ1v) is 6.60. The van der Waals surface area contributed by atoms with Crippen LogP contribution in [0.1, 0.15) is 44.8 Å². The molecule has 0 radical (unpaired) electrons. The first-order valence-electron chi connectivity index (χ1n) is 5.78. The Bertz CT molecular complexity index is 670. The number of Topliss-reactive ketones (excluding diaryl/α,β-unsaturated/α-hetero) is 2. The molecule has 0 atom stereocenters. The summed E-state index contributed by atoms with van der Waals surface area (Å²) in [4.78, 5) is 29.0. The van der Waals surface area contributed by atoms with E-state index in [0.717, 1.165) is 10.6 Å². The van der Waals surface area contributed by atoms with E-state index in [-0.39, 0.29) is 5.92 Å². The molecule has 4 heteroatoms. The summed E-state index contributed by atoms with van der Waals surface area (Å²) in [6.45, 7) is 4.06. The monoisotopic (exact) mass is 257 g/mol. The predicted octanol–water partition coefficient (Wildman–Crippen LogP) is 3.31. The average Bonchev–Trinajstić information content (AvgIpc) is 2.81. The molecule has 0 unspecified atom stereocenters. The van der Waals surface area contributed by atoms with Crippen molar-refractivity contribution in [3.05, 3.63) is 39.7 Å². The average molecular weight is 257 g/mol. The SMILES string of the molecule is CC(C)c1nc2c(s1)C(=O)C(=O)c1ccccc1-2. The summed E-state index contributed by atoms with van der Waals surface area (Å²) in [6, 6.07) is 7.17. The third-order valence-corrected chi connectivity index (χ3v) is 4.33. The maximum atomic E-state index is 12.0. The lowest BCUT2D eigenvalue weighted by atomic mass is 9.92. The topological polar surface area (TPSA) is 47.0 Å². The van der Waals surface area contributed by atoms with Crippen LogP contribution in [0.2, 0.25) is 0 Å². The second-order valence-electron chi connectivity index (χ2n) is 4.59. The largest absolute Gasteiger partial charge is 0.285 e. The zero-order valence-corrected chi connectivity index (χ0v) is 10.9. The Morgan fingerprint density at radius 1 is 1.06 bits per heavy atom. The van der Waals surface area contributed by atoms with Gasteiger partial charge in [-0.25, -0.2) is 4.98 Å². The van der Waals surface area contributed by atoms with Gasteiger partial charge in [-0.15, -0.1) is 11.3 Å². The van der Waals surface area contributed by atoms with Gasteiger partial charge in [-0.05, 0) is 0 Å². The second kappa shape index (κ2) is 3.85. The van der Waals surface area contributed by atoms with Crippen LogP contribution in [0.25, 0.3) is 11.3 Å². The van der Waals surface area contributed by atoms with Crippen LogP contribution >= 0.6 is 11.3 Å². The van der Waals surface area contributed by atoms with Crippen LogP contribution in [0.3, 0.4) is 0 Å². The highest BCUT2D eigenvalue weighted by atomic mass is 32.1. The highest BCUT2D eigenvalue weighted by Gasteiger charge is 2.33. The number of fused-ring (bicyclic) bond motifs is 3. The molecule has 0 N–H and O–H groups in total. The third-order valence-electron chi connectivity index (χ3n) is 2.98. The van der Waals surface area contributed by atoms with Gasteiger partial charge in [0.15, 0.2) is 0 Å². The van der Waals surface area contributed by atoms with Crippen molar-refractivity contribution in [3.8, 4) is 11.3 Å². The Morgan fingerprint density at radius 2 is 1.72 bits per heavy atom. The highest BCUT2D eigenvalue weighted by Crippen LogP contribution is 2.37. The highest BCUT2D eigenvalue weighted by molar-refractivity contribution is 7.15. The Kier molecular flexibility index (Phi) is 2.41. The molecule has 0 aliphatic heterocycles. The van der Waals surface area contributed by atoms with Crippen LogP contribution in [0, 0.1) is 0 Å². The maximum absolute atomic E-state index is 12.0. The van der Waals surface area contributed by atoms with Crippen molar-refractivity contribution in [1.29, 1.82) is 0 Å². The Morgan fingerprint density at radius 3 is 2.39 bits per heavy atom. The van der Waals surface area contributed by atoms with Crippen molar-refractivity contribution in [2.75, 3.05) is 0 Å². The van der Waals surface area contributed by atoms with Crippen LogP contribution in [-0.2, 0) is 0 Å². The van der Waals surface area contributed by atoms with Crippen molar-refractivity contribution >= 4 is 22.9 Å². The summed E-state index contributed by atoms with van der Waals surface area (Å²) in [5, 5.41) is 0.901. The van der Waals surface area contributed by atoms with E-state index in [2.05, 4.69) is 4.98 Å². The zero-order chi connectivity index (χ0) is 12.9. The van der Waals surface area contributed by atoms with Crippen LogP contribution in [0.5, 0.6) is 0 Å². The third kappa shape index (κ3) is 1.46. The van der Waals surface area contributed by atoms with E-state index in [1.54, 1.807) is 12.1 Å². The number of hydrogen-bond acceptors (Lipinski definition) is 4. The van der Waals surface area contributed by atoms with E-state index < -0.39 is 11.6 Å². The predicted molar refractivity (Wildman–Crippen MR) is 70.3 cm³/mol. The van der Waals surface area contributed by atoms with Crippen molar-refractivity contribution < 1.29 is 9.59 Å². The summed E-state index contributed by atoms with van der Waals surface area (Å²) in [5.74, 6) is -0.583. The number of thiazole rings is 1. The standard InChI is InChI=1S/C14H11NO2S/c1-7(2)14-15-10-8-5-3-4-6-9(8)11(16)12(17)13(10)18-14/h3-7H,1-2H3. The molecular formula is C14H11NO2S. The smallest absolute Gasteiger partial charge is 0.245 e. The minimum atomic E-state index is -0.423. The molecule has 2 aromatic rings. The normalized spacial score (nSPS) is 13.7. The fraction of sp³-hybridized carbons (Fsp3) is 0.214. The molecule has 18 heavy (non-hydrogen) atoms. The summed E-state index contributed by atoms with van der Waals surface area (Å²) in [6.07, 6.45) is 0. The first kappa shape index (κ1) is 11.3. The molecule has 3 nitrogen and oxygen atoms in total. The quantitative estimate of drug-likeness (QED) is 0.736. The lowest BCUT2D eigenvalue weighted by molar-refractivity contribution is 0.0817. The molecule has 1 aromatic heterocycles. The molecule has 0 saturated heterocycles. The molecule has 90 valence electrons. The summed E-state index contributed by atoms with van der Waals surface area (Å²) in [5.41, 5.74) is 1.92. The number of carbonyl (C=O) groups excluding carboxylic acids is 2. The minimum Gasteiger partial charge on any atom is -0.285 e. The van der Waals surface area contributed by atoms with Gasteiger partial charge in [0.2, 0.25) is 11.6 Å². The molecule has 1 aliphatic rings. The van der Waals surface area contributed by atoms with Crippen molar-refractivity contribution in [2.24, 2.45) is 0 Å². The van der Waals surface area contributed by atoms with Crippen molar-refractivity contribution in [2.45, 2.75) is 19.8 Å². The Hall–Kier alpha value is -1.81.